The molecule has 9 nitrogen and oxygen atoms in total. The minimum absolute atomic E-state index is 0. The summed E-state index contributed by atoms with van der Waals surface area (Å²) in [7, 11) is 0. The molecule has 0 spiro atoms. The number of imide groups is 1. The molecule has 3 heterocycles. The molecule has 0 radical (unpaired) electrons. The van der Waals surface area contributed by atoms with Gasteiger partial charge in [0.2, 0.25) is 12.0 Å². The Morgan fingerprint density at radius 3 is 2.48 bits per heavy atom. The minimum Gasteiger partial charge on any atom is -0.479 e. The van der Waals surface area contributed by atoms with Gasteiger partial charge in [0, 0.05) is 11.1 Å². The van der Waals surface area contributed by atoms with Crippen LogP contribution in [-0.4, -0.2) is 29.6 Å². The minimum atomic E-state index is -1.01. The highest BCUT2D eigenvalue weighted by molar-refractivity contribution is 6.00. The van der Waals surface area contributed by atoms with Crippen molar-refractivity contribution in [3.05, 3.63) is 48.3 Å². The van der Waals surface area contributed by atoms with Gasteiger partial charge in [-0.25, -0.2) is 4.79 Å². The summed E-state index contributed by atoms with van der Waals surface area (Å²) in [4.78, 5) is 21.6. The highest BCUT2D eigenvalue weighted by Gasteiger charge is 2.34. The van der Waals surface area contributed by atoms with Crippen LogP contribution >= 0.6 is 12.4 Å². The number of aliphatic hydroxyl groups is 1. The number of hydrogen-bond acceptors (Lipinski definition) is 8. The molecule has 2 aromatic heterocycles. The molecule has 0 saturated carbocycles. The second-order valence-electron chi connectivity index (χ2n) is 4.59. The fourth-order valence-electron chi connectivity index (χ4n) is 1.82. The lowest BCUT2D eigenvalue weighted by atomic mass is 10.2. The van der Waals surface area contributed by atoms with Crippen LogP contribution in [0.3, 0.4) is 0 Å². The van der Waals surface area contributed by atoms with E-state index in [1.54, 1.807) is 19.1 Å². The molecule has 2 amide bonds. The normalized spacial score (nSPS) is 16.6. The van der Waals surface area contributed by atoms with E-state index in [9.17, 15) is 14.7 Å². The first-order chi connectivity index (χ1) is 11.5. The summed E-state index contributed by atoms with van der Waals surface area (Å²) in [5.74, 6) is -0.611. The molecule has 136 valence electrons. The Morgan fingerprint density at radius 2 is 2.00 bits per heavy atom. The second-order valence-corrected chi connectivity index (χ2v) is 4.59. The molecule has 1 saturated heterocycles. The Hall–Kier alpha value is -2.78. The Bertz CT molecular complexity index is 685. The molecule has 0 aromatic carbocycles. The molecule has 2 atom stereocenters. The van der Waals surface area contributed by atoms with Crippen LogP contribution in [0.4, 0.5) is 4.79 Å². The van der Waals surface area contributed by atoms with Gasteiger partial charge >= 0.3 is 6.09 Å². The number of nitrogens with one attached hydrogen (secondary N) is 2. The van der Waals surface area contributed by atoms with E-state index in [-0.39, 0.29) is 18.3 Å². The average molecular weight is 373 g/mol. The monoisotopic (exact) mass is 372 g/mol. The zero-order valence-corrected chi connectivity index (χ0v) is 13.9. The van der Waals surface area contributed by atoms with E-state index in [0.29, 0.717) is 17.7 Å². The number of halogens is 1. The SMILES string of the molecule is CCOC(=N)C(O)c1ccoc1.Cl.O=C1NC(=O)C(c2ccoc2)O1. The van der Waals surface area contributed by atoms with E-state index in [4.69, 9.17) is 19.0 Å². The van der Waals surface area contributed by atoms with Gasteiger partial charge in [0.25, 0.3) is 5.91 Å². The van der Waals surface area contributed by atoms with Gasteiger partial charge in [-0.15, -0.1) is 12.4 Å². The highest BCUT2D eigenvalue weighted by Crippen LogP contribution is 2.21. The summed E-state index contributed by atoms with van der Waals surface area (Å²) >= 11 is 0. The lowest BCUT2D eigenvalue weighted by molar-refractivity contribution is -0.123. The number of ether oxygens (including phenoxy) is 2. The van der Waals surface area contributed by atoms with Crippen molar-refractivity contribution < 1.29 is 33.0 Å². The lowest BCUT2D eigenvalue weighted by Gasteiger charge is -2.09. The van der Waals surface area contributed by atoms with Crippen molar-refractivity contribution in [2.75, 3.05) is 6.61 Å². The van der Waals surface area contributed by atoms with Crippen LogP contribution in [0.25, 0.3) is 0 Å². The second kappa shape index (κ2) is 9.50. The first-order valence-electron chi connectivity index (χ1n) is 6.98. The van der Waals surface area contributed by atoms with Crippen LogP contribution in [0.15, 0.2) is 46.0 Å². The molecule has 0 aliphatic carbocycles. The molecule has 0 bridgehead atoms. The van der Waals surface area contributed by atoms with Gasteiger partial charge in [0.05, 0.1) is 31.7 Å². The maximum absolute atomic E-state index is 11.0. The Balaban J connectivity index is 0.000000240. The summed E-state index contributed by atoms with van der Waals surface area (Å²) in [6.45, 7) is 2.14. The van der Waals surface area contributed by atoms with Crippen molar-refractivity contribution >= 4 is 30.3 Å². The van der Waals surface area contributed by atoms with Gasteiger partial charge in [-0.2, -0.15) is 0 Å². The predicted molar refractivity (Wildman–Crippen MR) is 86.3 cm³/mol. The van der Waals surface area contributed by atoms with Crippen LogP contribution in [0.1, 0.15) is 30.3 Å². The number of carbonyl (C=O) groups excluding carboxylic acids is 2. The van der Waals surface area contributed by atoms with Crippen LogP contribution in [0.5, 0.6) is 0 Å². The van der Waals surface area contributed by atoms with E-state index in [0.717, 1.165) is 0 Å². The molecular formula is C15H17ClN2O7. The number of furan rings is 2. The summed E-state index contributed by atoms with van der Waals surface area (Å²) in [6, 6.07) is 3.17. The summed E-state index contributed by atoms with van der Waals surface area (Å²) in [6.07, 6.45) is 3.03. The van der Waals surface area contributed by atoms with Gasteiger partial charge in [-0.1, -0.05) is 0 Å². The number of rotatable bonds is 4. The molecule has 2 aromatic rings. The molecule has 3 N–H and O–H groups in total. The molecule has 1 aliphatic rings. The third-order valence-electron chi connectivity index (χ3n) is 2.94. The summed E-state index contributed by atoms with van der Waals surface area (Å²) in [5.41, 5.74) is 1.08. The van der Waals surface area contributed by atoms with Crippen LogP contribution in [0, 0.1) is 5.41 Å². The van der Waals surface area contributed by atoms with E-state index < -0.39 is 24.2 Å². The Morgan fingerprint density at radius 1 is 1.32 bits per heavy atom. The van der Waals surface area contributed by atoms with Crippen molar-refractivity contribution in [1.29, 1.82) is 5.41 Å². The van der Waals surface area contributed by atoms with Crippen LogP contribution in [-0.2, 0) is 14.3 Å². The lowest BCUT2D eigenvalue weighted by Crippen LogP contribution is -2.20. The fraction of sp³-hybridized carbons (Fsp3) is 0.267. The Labute approximate surface area is 148 Å². The smallest absolute Gasteiger partial charge is 0.415 e. The zero-order valence-electron chi connectivity index (χ0n) is 13.1. The Kier molecular flexibility index (Phi) is 7.70. The maximum Gasteiger partial charge on any atom is 0.415 e. The van der Waals surface area contributed by atoms with Gasteiger partial charge in [-0.3, -0.25) is 15.5 Å². The van der Waals surface area contributed by atoms with Gasteiger partial charge in [0.1, 0.15) is 0 Å². The first kappa shape index (κ1) is 20.3. The number of cyclic esters (lactones) is 1. The van der Waals surface area contributed by atoms with Crippen molar-refractivity contribution in [1.82, 2.24) is 5.32 Å². The third kappa shape index (κ3) is 5.37. The summed E-state index contributed by atoms with van der Waals surface area (Å²) in [5, 5.41) is 18.7. The zero-order chi connectivity index (χ0) is 17.5. The van der Waals surface area contributed by atoms with Crippen LogP contribution < -0.4 is 5.32 Å². The maximum atomic E-state index is 11.0. The van der Waals surface area contributed by atoms with Crippen molar-refractivity contribution in [2.45, 2.75) is 19.1 Å². The molecule has 1 fully saturated rings. The van der Waals surface area contributed by atoms with E-state index in [2.05, 4.69) is 4.74 Å². The van der Waals surface area contributed by atoms with E-state index >= 15 is 0 Å². The molecule has 2 unspecified atom stereocenters. The first-order valence-corrected chi connectivity index (χ1v) is 6.98. The molecular weight excluding hydrogens is 356 g/mol. The third-order valence-corrected chi connectivity index (χ3v) is 2.94. The van der Waals surface area contributed by atoms with E-state index in [1.165, 1.54) is 25.1 Å². The molecule has 25 heavy (non-hydrogen) atoms. The topological polar surface area (TPSA) is 135 Å². The molecule has 1 aliphatic heterocycles. The van der Waals surface area contributed by atoms with Crippen molar-refractivity contribution in [3.8, 4) is 0 Å². The highest BCUT2D eigenvalue weighted by atomic mass is 35.5. The number of hydrogen-bond donors (Lipinski definition) is 3. The average Bonchev–Trinajstić information content (AvgIpc) is 3.29. The largest absolute Gasteiger partial charge is 0.479 e. The van der Waals surface area contributed by atoms with Crippen molar-refractivity contribution in [2.24, 2.45) is 0 Å². The number of amides is 2. The number of alkyl carbamates (subject to hydrolysis) is 1. The standard InChI is InChI=1S/C8H11NO3.C7H5NO4.ClH/c1-2-12-8(9)7(10)6-3-4-11-5-6;9-6-5(12-7(10)8-6)4-1-2-11-3-4;/h3-5,7,9-10H,2H2,1H3;1-3,5H,(H,8,9,10);1H. The fourth-order valence-corrected chi connectivity index (χ4v) is 1.82. The van der Waals surface area contributed by atoms with Crippen LogP contribution in [0.2, 0.25) is 0 Å². The quantitative estimate of drug-likeness (QED) is 0.553. The number of aliphatic hydroxyl groups excluding tert-OH is 1. The molecule has 3 rings (SSSR count). The molecule has 10 heteroatoms. The predicted octanol–water partition coefficient (Wildman–Crippen LogP) is 2.34. The van der Waals surface area contributed by atoms with Gasteiger partial charge in [-0.05, 0) is 19.1 Å². The van der Waals surface area contributed by atoms with E-state index in [1.807, 2.05) is 5.32 Å². The van der Waals surface area contributed by atoms with Gasteiger partial charge in [0.15, 0.2) is 6.10 Å². The van der Waals surface area contributed by atoms with Gasteiger partial charge < -0.3 is 23.4 Å². The number of carbonyl (C=O) groups is 2. The summed E-state index contributed by atoms with van der Waals surface area (Å²) < 4.78 is 19.0. The van der Waals surface area contributed by atoms with Crippen molar-refractivity contribution in [3.63, 3.8) is 0 Å².